The first-order valence-electron chi connectivity index (χ1n) is 12.3. The summed E-state index contributed by atoms with van der Waals surface area (Å²) in [5.41, 5.74) is -1.51. The van der Waals surface area contributed by atoms with Crippen LogP contribution in [0.4, 0.5) is 31.1 Å². The summed E-state index contributed by atoms with van der Waals surface area (Å²) in [5, 5.41) is 0. The molecule has 12 heteroatoms. The van der Waals surface area contributed by atoms with E-state index in [0.29, 0.717) is 32.1 Å². The van der Waals surface area contributed by atoms with Gasteiger partial charge in [-0.2, -0.15) is 17.6 Å². The number of alkyl halides is 3. The molecule has 6 nitrogen and oxygen atoms in total. The molecule has 0 unspecified atom stereocenters. The number of H-pyrrole nitrogens is 1. The number of aromatic nitrogens is 3. The maximum absolute atomic E-state index is 14.7. The summed E-state index contributed by atoms with van der Waals surface area (Å²) in [7, 11) is 0. The Morgan fingerprint density at radius 2 is 1.75 bits per heavy atom. The SMILES string of the molecule is O=C(OCc1ccccc1)N1CCC(c2nc(-c3cccc(C(F)(F)F)c3)c(-c3c(F)cnc(F)c3F)[nH]2)CC1. The van der Waals surface area contributed by atoms with Gasteiger partial charge < -0.3 is 14.6 Å². The molecular formula is C28H22F6N4O2. The van der Waals surface area contributed by atoms with Crippen molar-refractivity contribution in [2.45, 2.75) is 31.5 Å². The van der Waals surface area contributed by atoms with Crippen molar-refractivity contribution in [2.24, 2.45) is 0 Å². The number of ether oxygens (including phenoxy) is 1. The lowest BCUT2D eigenvalue weighted by molar-refractivity contribution is -0.137. The van der Waals surface area contributed by atoms with Gasteiger partial charge in [0.05, 0.1) is 28.7 Å². The number of halogens is 6. The molecule has 1 amide bonds. The standard InChI is InChI=1S/C28H22F6N4O2/c29-20-14-35-25(31)22(30)21(20)24-23(18-7-4-8-19(13-18)28(32,33)34)36-26(37-24)17-9-11-38(12-10-17)27(39)40-15-16-5-2-1-3-6-16/h1-8,13-14,17H,9-12,15H2,(H,36,37). The number of benzene rings is 2. The monoisotopic (exact) mass is 560 g/mol. The second-order valence-corrected chi connectivity index (χ2v) is 9.31. The predicted molar refractivity (Wildman–Crippen MR) is 132 cm³/mol. The Balaban J connectivity index is 1.42. The number of likely N-dealkylation sites (tertiary alicyclic amines) is 1. The Morgan fingerprint density at radius 3 is 2.45 bits per heavy atom. The number of rotatable bonds is 5. The zero-order chi connectivity index (χ0) is 28.4. The number of imidazole rings is 1. The van der Waals surface area contributed by atoms with Crippen LogP contribution in [0.1, 0.15) is 35.7 Å². The zero-order valence-electron chi connectivity index (χ0n) is 20.8. The van der Waals surface area contributed by atoms with E-state index in [-0.39, 0.29) is 35.3 Å². The van der Waals surface area contributed by atoms with Crippen molar-refractivity contribution in [1.29, 1.82) is 0 Å². The summed E-state index contributed by atoms with van der Waals surface area (Å²) >= 11 is 0. The number of amides is 1. The van der Waals surface area contributed by atoms with Crippen molar-refractivity contribution in [3.63, 3.8) is 0 Å². The fourth-order valence-corrected chi connectivity index (χ4v) is 4.64. The van der Waals surface area contributed by atoms with Crippen molar-refractivity contribution >= 4 is 6.09 Å². The Hall–Kier alpha value is -4.35. The highest BCUT2D eigenvalue weighted by Crippen LogP contribution is 2.39. The third kappa shape index (κ3) is 5.65. The molecule has 2 aromatic carbocycles. The van der Waals surface area contributed by atoms with Crippen LogP contribution in [0, 0.1) is 17.6 Å². The highest BCUT2D eigenvalue weighted by atomic mass is 19.4. The van der Waals surface area contributed by atoms with Gasteiger partial charge >= 0.3 is 12.3 Å². The van der Waals surface area contributed by atoms with Crippen LogP contribution in [-0.4, -0.2) is 39.0 Å². The van der Waals surface area contributed by atoms with Crippen LogP contribution in [0.5, 0.6) is 0 Å². The molecule has 1 aliphatic rings. The summed E-state index contributed by atoms with van der Waals surface area (Å²) < 4.78 is 89.0. The normalized spacial score (nSPS) is 14.4. The lowest BCUT2D eigenvalue weighted by Crippen LogP contribution is -2.38. The maximum atomic E-state index is 14.7. The van der Waals surface area contributed by atoms with Gasteiger partial charge in [-0.3, -0.25) is 0 Å². The molecule has 0 atom stereocenters. The Labute approximate surface area is 224 Å². The number of pyridine rings is 1. The molecule has 0 saturated carbocycles. The second-order valence-electron chi connectivity index (χ2n) is 9.31. The van der Waals surface area contributed by atoms with Crippen LogP contribution < -0.4 is 0 Å². The fraction of sp³-hybridized carbons (Fsp3) is 0.250. The molecule has 208 valence electrons. The van der Waals surface area contributed by atoms with Crippen LogP contribution in [-0.2, 0) is 17.5 Å². The third-order valence-electron chi connectivity index (χ3n) is 6.71. The summed E-state index contributed by atoms with van der Waals surface area (Å²) in [6.45, 7) is 0.695. The van der Waals surface area contributed by atoms with Crippen molar-refractivity contribution in [3.05, 3.63) is 95.3 Å². The molecule has 4 aromatic rings. The smallest absolute Gasteiger partial charge is 0.416 e. The van der Waals surface area contributed by atoms with E-state index >= 15 is 0 Å². The maximum Gasteiger partial charge on any atom is 0.416 e. The Bertz CT molecular complexity index is 1520. The molecule has 2 aromatic heterocycles. The van der Waals surface area contributed by atoms with Crippen molar-refractivity contribution < 1.29 is 35.9 Å². The molecule has 1 saturated heterocycles. The van der Waals surface area contributed by atoms with Crippen LogP contribution in [0.15, 0.2) is 60.8 Å². The van der Waals surface area contributed by atoms with Gasteiger partial charge in [0.25, 0.3) is 0 Å². The summed E-state index contributed by atoms with van der Waals surface area (Å²) in [4.78, 5) is 24.3. The van der Waals surface area contributed by atoms with Gasteiger partial charge in [-0.1, -0.05) is 42.5 Å². The number of piperidine rings is 1. The minimum atomic E-state index is -4.67. The molecule has 40 heavy (non-hydrogen) atoms. The Kier molecular flexibility index (Phi) is 7.51. The fourth-order valence-electron chi connectivity index (χ4n) is 4.64. The number of aromatic amines is 1. The first-order chi connectivity index (χ1) is 19.1. The van der Waals surface area contributed by atoms with Crippen molar-refractivity contribution in [1.82, 2.24) is 19.9 Å². The molecule has 0 aliphatic carbocycles. The summed E-state index contributed by atoms with van der Waals surface area (Å²) in [6.07, 6.45) is -3.89. The highest BCUT2D eigenvalue weighted by Gasteiger charge is 2.33. The van der Waals surface area contributed by atoms with Gasteiger partial charge in [-0.25, -0.2) is 23.5 Å². The van der Waals surface area contributed by atoms with Crippen molar-refractivity contribution in [2.75, 3.05) is 13.1 Å². The molecule has 3 heterocycles. The number of hydrogen-bond acceptors (Lipinski definition) is 4. The first kappa shape index (κ1) is 27.2. The van der Waals surface area contributed by atoms with E-state index in [1.54, 1.807) is 0 Å². The predicted octanol–water partition coefficient (Wildman–Crippen LogP) is 7.09. The lowest BCUT2D eigenvalue weighted by Gasteiger charge is -2.30. The molecule has 5 rings (SSSR count). The van der Waals surface area contributed by atoms with Crippen LogP contribution >= 0.6 is 0 Å². The quantitative estimate of drug-likeness (QED) is 0.209. The molecule has 0 radical (unpaired) electrons. The number of carbonyl (C=O) groups excluding carboxylic acids is 1. The van der Waals surface area contributed by atoms with Gasteiger partial charge in [-0.15, -0.1) is 0 Å². The number of hydrogen-bond donors (Lipinski definition) is 1. The number of nitrogens with zero attached hydrogens (tertiary/aromatic N) is 3. The molecule has 0 bridgehead atoms. The topological polar surface area (TPSA) is 71.1 Å². The molecule has 0 spiro atoms. The summed E-state index contributed by atoms with van der Waals surface area (Å²) in [6, 6.07) is 13.3. The molecule has 1 N–H and O–H groups in total. The van der Waals surface area contributed by atoms with Crippen LogP contribution in [0.3, 0.4) is 0 Å². The van der Waals surface area contributed by atoms with Crippen LogP contribution in [0.25, 0.3) is 22.5 Å². The van der Waals surface area contributed by atoms with Gasteiger partial charge in [-0.05, 0) is 30.5 Å². The number of nitrogens with one attached hydrogen (secondary N) is 1. The largest absolute Gasteiger partial charge is 0.445 e. The molecular weight excluding hydrogens is 538 g/mol. The van der Waals surface area contributed by atoms with Crippen LogP contribution in [0.2, 0.25) is 0 Å². The number of carbonyl (C=O) groups is 1. The van der Waals surface area contributed by atoms with E-state index in [2.05, 4.69) is 15.0 Å². The van der Waals surface area contributed by atoms with E-state index in [9.17, 15) is 31.1 Å². The zero-order valence-corrected chi connectivity index (χ0v) is 20.8. The minimum Gasteiger partial charge on any atom is -0.445 e. The summed E-state index contributed by atoms with van der Waals surface area (Å²) in [5.74, 6) is -4.45. The van der Waals surface area contributed by atoms with E-state index in [4.69, 9.17) is 4.74 Å². The van der Waals surface area contributed by atoms with Gasteiger partial charge in [0.1, 0.15) is 12.4 Å². The first-order valence-corrected chi connectivity index (χ1v) is 12.3. The third-order valence-corrected chi connectivity index (χ3v) is 6.71. The van der Waals surface area contributed by atoms with E-state index in [1.807, 2.05) is 30.3 Å². The average Bonchev–Trinajstić information content (AvgIpc) is 3.39. The molecule has 1 fully saturated rings. The van der Waals surface area contributed by atoms with Gasteiger partial charge in [0.2, 0.25) is 5.95 Å². The van der Waals surface area contributed by atoms with Gasteiger partial charge in [0, 0.05) is 24.6 Å². The lowest BCUT2D eigenvalue weighted by atomic mass is 9.96. The van der Waals surface area contributed by atoms with Gasteiger partial charge in [0.15, 0.2) is 11.6 Å². The van der Waals surface area contributed by atoms with E-state index in [1.165, 1.54) is 11.0 Å². The Morgan fingerprint density at radius 1 is 1.02 bits per heavy atom. The van der Waals surface area contributed by atoms with Crippen molar-refractivity contribution in [3.8, 4) is 22.5 Å². The second kappa shape index (κ2) is 11.0. The van der Waals surface area contributed by atoms with E-state index < -0.39 is 41.0 Å². The van der Waals surface area contributed by atoms with E-state index in [0.717, 1.165) is 23.8 Å². The minimum absolute atomic E-state index is 0.0646. The highest BCUT2D eigenvalue weighted by molar-refractivity contribution is 5.79. The molecule has 1 aliphatic heterocycles. The average molecular weight is 560 g/mol.